The first-order chi connectivity index (χ1) is 13.6. The Morgan fingerprint density at radius 3 is 2.10 bits per heavy atom. The van der Waals surface area contributed by atoms with Gasteiger partial charge < -0.3 is 49.7 Å². The lowest BCUT2D eigenvalue weighted by atomic mass is 10.1. The lowest BCUT2D eigenvalue weighted by Crippen LogP contribution is -3.28. The van der Waals surface area contributed by atoms with Gasteiger partial charge in [0, 0.05) is 5.69 Å². The predicted molar refractivity (Wildman–Crippen MR) is 106 cm³/mol. The summed E-state index contributed by atoms with van der Waals surface area (Å²) in [5.41, 5.74) is 8.19. The van der Waals surface area contributed by atoms with Gasteiger partial charge in [0.1, 0.15) is 38.3 Å². The molecule has 30 heavy (non-hydrogen) atoms. The number of carbonyl (C=O) groups is 1. The summed E-state index contributed by atoms with van der Waals surface area (Å²) in [5.74, 6) is 2.05. The highest BCUT2D eigenvalue weighted by Gasteiger charge is 2.31. The van der Waals surface area contributed by atoms with Crippen LogP contribution in [0, 0.1) is 0 Å². The van der Waals surface area contributed by atoms with Gasteiger partial charge in [-0.15, -0.1) is 0 Å². The van der Waals surface area contributed by atoms with Crippen molar-refractivity contribution in [3.8, 4) is 17.2 Å². The van der Waals surface area contributed by atoms with Crippen LogP contribution < -0.4 is 54.6 Å². The number of ether oxygens (including phenoxy) is 3. The SMILES string of the molecule is COc1ccc(C[NH+]2CC[NH+](C(=O)c3ccccc3N)CC2)c(OC)c1OC.[Cl-].[Cl-]. The first-order valence-corrected chi connectivity index (χ1v) is 9.44. The van der Waals surface area contributed by atoms with Gasteiger partial charge in [0.05, 0.1) is 26.9 Å². The fourth-order valence-electron chi connectivity index (χ4n) is 3.78. The molecule has 2 aromatic rings. The van der Waals surface area contributed by atoms with E-state index in [1.807, 2.05) is 24.3 Å². The zero-order chi connectivity index (χ0) is 20.1. The number of piperazine rings is 1. The van der Waals surface area contributed by atoms with Crippen molar-refractivity contribution in [2.45, 2.75) is 6.54 Å². The molecule has 0 saturated carbocycles. The lowest BCUT2D eigenvalue weighted by molar-refractivity contribution is -0.988. The molecule has 7 nitrogen and oxygen atoms in total. The zero-order valence-corrected chi connectivity index (χ0v) is 19.0. The molecule has 3 rings (SSSR count). The van der Waals surface area contributed by atoms with Gasteiger partial charge in [-0.1, -0.05) is 12.1 Å². The van der Waals surface area contributed by atoms with Crippen molar-refractivity contribution in [3.63, 3.8) is 0 Å². The Hall–Kier alpha value is -2.19. The van der Waals surface area contributed by atoms with Crippen LogP contribution in [0.15, 0.2) is 36.4 Å². The summed E-state index contributed by atoms with van der Waals surface area (Å²) in [6.45, 7) is 4.14. The van der Waals surface area contributed by atoms with Crippen molar-refractivity contribution in [3.05, 3.63) is 47.5 Å². The second-order valence-electron chi connectivity index (χ2n) is 6.94. The molecule has 1 saturated heterocycles. The molecule has 1 aliphatic heterocycles. The van der Waals surface area contributed by atoms with Crippen molar-refractivity contribution < 1.29 is 53.6 Å². The monoisotopic (exact) mass is 457 g/mol. The first-order valence-electron chi connectivity index (χ1n) is 9.44. The topological polar surface area (TPSA) is 79.7 Å². The molecule has 4 N–H and O–H groups in total. The van der Waals surface area contributed by atoms with Crippen molar-refractivity contribution in [1.29, 1.82) is 0 Å². The number of methoxy groups -OCH3 is 3. The van der Waals surface area contributed by atoms with Crippen LogP contribution >= 0.6 is 0 Å². The number of halogens is 2. The van der Waals surface area contributed by atoms with E-state index in [4.69, 9.17) is 19.9 Å². The molecule has 0 atom stereocenters. The highest BCUT2D eigenvalue weighted by atomic mass is 35.5. The summed E-state index contributed by atoms with van der Waals surface area (Å²) in [6.07, 6.45) is 0. The van der Waals surface area contributed by atoms with Crippen LogP contribution in [0.3, 0.4) is 0 Å². The van der Waals surface area contributed by atoms with E-state index in [9.17, 15) is 4.79 Å². The molecule has 1 fully saturated rings. The number of nitrogens with one attached hydrogen (secondary N) is 2. The molecule has 2 aromatic carbocycles. The second-order valence-corrected chi connectivity index (χ2v) is 6.94. The quantitative estimate of drug-likeness (QED) is 0.376. The molecule has 0 unspecified atom stereocenters. The van der Waals surface area contributed by atoms with Crippen LogP contribution in [0.2, 0.25) is 0 Å². The van der Waals surface area contributed by atoms with Gasteiger partial charge in [-0.05, 0) is 24.3 Å². The Labute approximate surface area is 189 Å². The molecule has 1 amide bonds. The molecule has 9 heteroatoms. The number of nitrogens with two attached hydrogens (primary N) is 1. The van der Waals surface area contributed by atoms with Crippen LogP contribution in [0.4, 0.5) is 5.69 Å². The van der Waals surface area contributed by atoms with E-state index in [0.717, 1.165) is 43.2 Å². The van der Waals surface area contributed by atoms with Crippen molar-refractivity contribution in [2.75, 3.05) is 53.2 Å². The Morgan fingerprint density at radius 1 is 0.900 bits per heavy atom. The van der Waals surface area contributed by atoms with Gasteiger partial charge in [-0.25, -0.2) is 4.79 Å². The van der Waals surface area contributed by atoms with Crippen molar-refractivity contribution in [2.24, 2.45) is 0 Å². The second kappa shape index (κ2) is 11.9. The Bertz CT molecular complexity index is 843. The number of benzene rings is 2. The number of nitrogen functional groups attached to an aromatic ring is 1. The predicted octanol–water partition coefficient (Wildman–Crippen LogP) is -6.57. The molecule has 166 valence electrons. The van der Waals surface area contributed by atoms with E-state index in [-0.39, 0.29) is 30.7 Å². The summed E-state index contributed by atoms with van der Waals surface area (Å²) >= 11 is 0. The van der Waals surface area contributed by atoms with Crippen LogP contribution in [0.1, 0.15) is 15.9 Å². The third-order valence-electron chi connectivity index (χ3n) is 5.31. The van der Waals surface area contributed by atoms with E-state index >= 15 is 0 Å². The first kappa shape index (κ1) is 25.8. The zero-order valence-electron chi connectivity index (χ0n) is 17.5. The molecule has 0 aromatic heterocycles. The van der Waals surface area contributed by atoms with E-state index < -0.39 is 0 Å². The van der Waals surface area contributed by atoms with Crippen LogP contribution in [-0.2, 0) is 6.54 Å². The van der Waals surface area contributed by atoms with Crippen LogP contribution in [0.5, 0.6) is 17.2 Å². The fraction of sp³-hybridized carbons (Fsp3) is 0.381. The van der Waals surface area contributed by atoms with Gasteiger partial charge in [-0.3, -0.25) is 4.90 Å². The molecular formula is C21H29Cl2N3O4. The van der Waals surface area contributed by atoms with E-state index in [0.29, 0.717) is 28.5 Å². The summed E-state index contributed by atoms with van der Waals surface area (Å²) in [6, 6.07) is 11.2. The lowest BCUT2D eigenvalue weighted by Gasteiger charge is -2.29. The minimum atomic E-state index is 0. The minimum Gasteiger partial charge on any atom is -1.00 e. The molecule has 1 aliphatic rings. The number of carbonyl (C=O) groups excluding carboxylic acids is 1. The highest BCUT2D eigenvalue weighted by molar-refractivity contribution is 5.93. The third-order valence-corrected chi connectivity index (χ3v) is 5.31. The molecule has 1 heterocycles. The number of para-hydroxylation sites is 1. The Balaban J connectivity index is 0.00000225. The smallest absolute Gasteiger partial charge is 0.346 e. The maximum Gasteiger partial charge on any atom is 0.346 e. The molecular weight excluding hydrogens is 429 g/mol. The molecule has 0 spiro atoms. The van der Waals surface area contributed by atoms with Gasteiger partial charge in [0.25, 0.3) is 0 Å². The number of hydrogen-bond acceptors (Lipinski definition) is 5. The fourth-order valence-corrected chi connectivity index (χ4v) is 3.78. The van der Waals surface area contributed by atoms with Crippen LogP contribution in [-0.4, -0.2) is 53.4 Å². The number of hydrogen-bond donors (Lipinski definition) is 3. The Morgan fingerprint density at radius 2 is 1.53 bits per heavy atom. The van der Waals surface area contributed by atoms with E-state index in [1.54, 1.807) is 33.5 Å². The normalized spacial score (nSPS) is 17.8. The highest BCUT2D eigenvalue weighted by Crippen LogP contribution is 2.39. The van der Waals surface area contributed by atoms with Gasteiger partial charge in [0.15, 0.2) is 11.5 Å². The van der Waals surface area contributed by atoms with Crippen molar-refractivity contribution >= 4 is 11.6 Å². The average Bonchev–Trinajstić information content (AvgIpc) is 2.73. The van der Waals surface area contributed by atoms with Crippen LogP contribution in [0.25, 0.3) is 0 Å². The van der Waals surface area contributed by atoms with E-state index in [2.05, 4.69) is 0 Å². The van der Waals surface area contributed by atoms with Gasteiger partial charge >= 0.3 is 5.91 Å². The van der Waals surface area contributed by atoms with Gasteiger partial charge in [-0.2, -0.15) is 0 Å². The average molecular weight is 458 g/mol. The minimum absolute atomic E-state index is 0. The summed E-state index contributed by atoms with van der Waals surface area (Å²) in [7, 11) is 4.86. The summed E-state index contributed by atoms with van der Waals surface area (Å²) < 4.78 is 16.4. The summed E-state index contributed by atoms with van der Waals surface area (Å²) in [5, 5.41) is 0. The summed E-state index contributed by atoms with van der Waals surface area (Å²) in [4.78, 5) is 15.1. The maximum absolute atomic E-state index is 12.8. The third kappa shape index (κ3) is 5.49. The Kier molecular flexibility index (Phi) is 10.2. The van der Waals surface area contributed by atoms with Crippen molar-refractivity contribution in [1.82, 2.24) is 0 Å². The standard InChI is InChI=1S/C21H27N3O4.2ClH/c1-26-18-9-8-15(19(27-2)20(18)28-3)14-23-10-12-24(13-11-23)21(25)16-6-4-5-7-17(16)22;;/h4-9H,10-14,22H2,1-3H3;2*1H. The molecule has 0 aliphatic carbocycles. The largest absolute Gasteiger partial charge is 1.00 e. The maximum atomic E-state index is 12.8. The molecule has 0 radical (unpaired) electrons. The number of amides is 1. The number of quaternary nitrogens is 2. The molecule has 0 bridgehead atoms. The number of anilines is 1. The van der Waals surface area contributed by atoms with Gasteiger partial charge in [0.2, 0.25) is 5.75 Å². The number of rotatable bonds is 6. The van der Waals surface area contributed by atoms with E-state index in [1.165, 1.54) is 4.90 Å².